The number of nitrogens with two attached hydrogens (primary N) is 1. The fourth-order valence-corrected chi connectivity index (χ4v) is 3.66. The number of esters is 1. The zero-order chi connectivity index (χ0) is 21.3. The van der Waals surface area contributed by atoms with Gasteiger partial charge in [-0.1, -0.05) is 37.3 Å². The van der Waals surface area contributed by atoms with Crippen LogP contribution in [0.5, 0.6) is 0 Å². The second-order valence-electron chi connectivity index (χ2n) is 7.24. The van der Waals surface area contributed by atoms with E-state index in [1.807, 2.05) is 30.3 Å². The minimum Gasteiger partial charge on any atom is -0.463 e. The molecule has 1 saturated heterocycles. The fourth-order valence-electron chi connectivity index (χ4n) is 3.49. The summed E-state index contributed by atoms with van der Waals surface area (Å²) in [5.41, 5.74) is 7.46. The minimum absolute atomic E-state index is 0.0315. The van der Waals surface area contributed by atoms with Gasteiger partial charge in [0.2, 0.25) is 5.28 Å². The number of carbonyl (C=O) groups excluding carboxylic acids is 1. The highest BCUT2D eigenvalue weighted by molar-refractivity contribution is 6.28. The first kappa shape index (κ1) is 20.5. The Bertz CT molecular complexity index is 1050. The van der Waals surface area contributed by atoms with E-state index in [4.69, 9.17) is 26.8 Å². The average molecular weight is 434 g/mol. The van der Waals surface area contributed by atoms with E-state index >= 15 is 0 Å². The monoisotopic (exact) mass is 433 g/mol. The Morgan fingerprint density at radius 3 is 2.87 bits per heavy atom. The molecule has 2 N–H and O–H groups in total. The van der Waals surface area contributed by atoms with Crippen LogP contribution in [0.1, 0.15) is 25.1 Å². The van der Waals surface area contributed by atoms with E-state index in [2.05, 4.69) is 15.0 Å². The highest BCUT2D eigenvalue weighted by Gasteiger charge is 2.44. The number of hydrogen-bond acceptors (Lipinski definition) is 7. The van der Waals surface area contributed by atoms with Crippen molar-refractivity contribution in [1.82, 2.24) is 19.5 Å². The molecule has 1 fully saturated rings. The fraction of sp³-hybridized carbons (Fsp3) is 0.400. The average Bonchev–Trinajstić information content (AvgIpc) is 3.27. The van der Waals surface area contributed by atoms with Crippen LogP contribution in [-0.2, 0) is 20.7 Å². The Balaban J connectivity index is 1.39. The number of imidazole rings is 1. The number of alkyl halides is 1. The maximum absolute atomic E-state index is 15.0. The molecule has 3 aromatic rings. The lowest BCUT2D eigenvalue weighted by atomic mass is 10.0. The minimum atomic E-state index is -1.36. The van der Waals surface area contributed by atoms with Crippen molar-refractivity contribution in [3.8, 4) is 0 Å². The predicted octanol–water partition coefficient (Wildman–Crippen LogP) is 3.11. The van der Waals surface area contributed by atoms with Crippen LogP contribution in [0.2, 0.25) is 5.28 Å². The van der Waals surface area contributed by atoms with Gasteiger partial charge in [0.25, 0.3) is 0 Å². The summed E-state index contributed by atoms with van der Waals surface area (Å²) in [6.45, 7) is 1.68. The molecule has 4 rings (SSSR count). The van der Waals surface area contributed by atoms with Crippen LogP contribution in [-0.4, -0.2) is 44.4 Å². The molecule has 0 bridgehead atoms. The molecule has 0 spiro atoms. The van der Waals surface area contributed by atoms with Gasteiger partial charge in [-0.2, -0.15) is 9.97 Å². The van der Waals surface area contributed by atoms with Crippen LogP contribution < -0.4 is 5.73 Å². The number of carbonyl (C=O) groups is 1. The number of rotatable bonds is 6. The molecule has 1 aliphatic rings. The molecular formula is C20H21ClFN5O3. The molecule has 0 radical (unpaired) electrons. The number of aryl methyl sites for hydroxylation is 1. The molecule has 0 unspecified atom stereocenters. The van der Waals surface area contributed by atoms with Crippen LogP contribution >= 0.6 is 11.6 Å². The van der Waals surface area contributed by atoms with E-state index in [9.17, 15) is 9.18 Å². The van der Waals surface area contributed by atoms with E-state index in [-0.39, 0.29) is 35.7 Å². The zero-order valence-corrected chi connectivity index (χ0v) is 17.0. The highest BCUT2D eigenvalue weighted by Crippen LogP contribution is 2.38. The summed E-state index contributed by atoms with van der Waals surface area (Å²) in [5, 5.41) is -0.0629. The van der Waals surface area contributed by atoms with E-state index in [1.54, 1.807) is 6.92 Å². The van der Waals surface area contributed by atoms with Crippen molar-refractivity contribution in [3.63, 3.8) is 0 Å². The number of nitrogen functional groups attached to an aromatic ring is 1. The molecule has 0 saturated carbocycles. The topological polar surface area (TPSA) is 105 Å². The van der Waals surface area contributed by atoms with Crippen molar-refractivity contribution in [1.29, 1.82) is 0 Å². The Kier molecular flexibility index (Phi) is 5.83. The maximum atomic E-state index is 15.0. The van der Waals surface area contributed by atoms with Gasteiger partial charge in [-0.25, -0.2) is 9.37 Å². The number of anilines is 1. The number of ether oxygens (including phenoxy) is 2. The highest BCUT2D eigenvalue weighted by atomic mass is 35.5. The molecule has 30 heavy (non-hydrogen) atoms. The first-order valence-corrected chi connectivity index (χ1v) is 9.96. The summed E-state index contributed by atoms with van der Waals surface area (Å²) >= 11 is 5.88. The quantitative estimate of drug-likeness (QED) is 0.470. The van der Waals surface area contributed by atoms with Crippen molar-refractivity contribution < 1.29 is 18.7 Å². The lowest BCUT2D eigenvalue weighted by molar-refractivity contribution is -0.149. The van der Waals surface area contributed by atoms with E-state index < -0.39 is 24.4 Å². The van der Waals surface area contributed by atoms with Gasteiger partial charge in [-0.15, -0.1) is 0 Å². The summed E-state index contributed by atoms with van der Waals surface area (Å²) in [6, 6.07) is 9.66. The smallest absolute Gasteiger partial charge is 0.306 e. The third-order valence-corrected chi connectivity index (χ3v) is 5.41. The standard InChI is InChI=1S/C20H21ClFN5O3/c1-11-13(9-29-14(28)8-7-12-5-3-2-4-6-12)30-19(15(11)22)27-10-24-16-17(23)25-20(21)26-18(16)27/h2-6,10-11,13,15,19H,7-9H2,1H3,(H2,23,25,26)/t11-,13-,15+,19-/m1/s1. The van der Waals surface area contributed by atoms with Crippen LogP contribution in [0.25, 0.3) is 11.2 Å². The Morgan fingerprint density at radius 2 is 2.10 bits per heavy atom. The van der Waals surface area contributed by atoms with Crippen LogP contribution in [0.3, 0.4) is 0 Å². The molecular weight excluding hydrogens is 413 g/mol. The van der Waals surface area contributed by atoms with E-state index in [1.165, 1.54) is 10.9 Å². The van der Waals surface area contributed by atoms with Gasteiger partial charge in [0.05, 0.1) is 12.4 Å². The number of hydrogen-bond donors (Lipinski definition) is 1. The van der Waals surface area contributed by atoms with E-state index in [0.29, 0.717) is 11.9 Å². The second-order valence-corrected chi connectivity index (χ2v) is 7.58. The molecule has 4 atom stereocenters. The molecule has 0 aliphatic carbocycles. The van der Waals surface area contributed by atoms with Crippen molar-refractivity contribution in [2.75, 3.05) is 12.3 Å². The molecule has 2 aromatic heterocycles. The van der Waals surface area contributed by atoms with Crippen LogP contribution in [0, 0.1) is 5.92 Å². The zero-order valence-electron chi connectivity index (χ0n) is 16.2. The molecule has 1 aromatic carbocycles. The second kappa shape index (κ2) is 8.53. The SMILES string of the molecule is C[C@H]1[C@H](F)[C@H](n2cnc3c(N)nc(Cl)nc32)O[C@@H]1COC(=O)CCc1ccccc1. The number of nitrogens with zero attached hydrogens (tertiary/aromatic N) is 4. The molecule has 158 valence electrons. The van der Waals surface area contributed by atoms with Crippen LogP contribution in [0.15, 0.2) is 36.7 Å². The number of benzene rings is 1. The lowest BCUT2D eigenvalue weighted by Gasteiger charge is -2.16. The van der Waals surface area contributed by atoms with Gasteiger partial charge in [-0.3, -0.25) is 9.36 Å². The Morgan fingerprint density at radius 1 is 1.33 bits per heavy atom. The normalized spacial score (nSPS) is 23.7. The summed E-state index contributed by atoms with van der Waals surface area (Å²) in [4.78, 5) is 24.2. The van der Waals surface area contributed by atoms with Gasteiger partial charge < -0.3 is 15.2 Å². The van der Waals surface area contributed by atoms with Gasteiger partial charge in [-0.05, 0) is 23.6 Å². The largest absolute Gasteiger partial charge is 0.463 e. The first-order valence-electron chi connectivity index (χ1n) is 9.58. The first-order chi connectivity index (χ1) is 14.4. The summed E-state index contributed by atoms with van der Waals surface area (Å²) in [7, 11) is 0. The van der Waals surface area contributed by atoms with Gasteiger partial charge in [0, 0.05) is 12.3 Å². The third-order valence-electron chi connectivity index (χ3n) is 5.24. The molecule has 3 heterocycles. The van der Waals surface area contributed by atoms with Crippen molar-refractivity contribution in [3.05, 3.63) is 47.5 Å². The van der Waals surface area contributed by atoms with Gasteiger partial charge in [0.1, 0.15) is 12.1 Å². The summed E-state index contributed by atoms with van der Waals surface area (Å²) in [6.07, 6.45) is -0.719. The lowest BCUT2D eigenvalue weighted by Crippen LogP contribution is -2.25. The Hall–Kier alpha value is -2.78. The Labute approximate surface area is 177 Å². The van der Waals surface area contributed by atoms with Crippen molar-refractivity contribution in [2.24, 2.45) is 5.92 Å². The third kappa shape index (κ3) is 4.08. The van der Waals surface area contributed by atoms with E-state index in [0.717, 1.165) is 5.56 Å². The predicted molar refractivity (Wildman–Crippen MR) is 108 cm³/mol. The molecule has 8 nitrogen and oxygen atoms in total. The number of aromatic nitrogens is 4. The van der Waals surface area contributed by atoms with Gasteiger partial charge >= 0.3 is 5.97 Å². The molecule has 1 aliphatic heterocycles. The summed E-state index contributed by atoms with van der Waals surface area (Å²) < 4.78 is 27.6. The number of fused-ring (bicyclic) bond motifs is 1. The van der Waals surface area contributed by atoms with Gasteiger partial charge in [0.15, 0.2) is 23.9 Å². The van der Waals surface area contributed by atoms with Crippen molar-refractivity contribution >= 4 is 34.6 Å². The number of halogens is 2. The molecule has 0 amide bonds. The van der Waals surface area contributed by atoms with Crippen LogP contribution in [0.4, 0.5) is 10.2 Å². The molecule has 10 heteroatoms. The summed E-state index contributed by atoms with van der Waals surface area (Å²) in [5.74, 6) is -0.744. The van der Waals surface area contributed by atoms with Crippen molar-refractivity contribution in [2.45, 2.75) is 38.3 Å². The maximum Gasteiger partial charge on any atom is 0.306 e.